The molecular weight excluding hydrogens is 365 g/mol. The zero-order valence-electron chi connectivity index (χ0n) is 11.6. The molecule has 0 radical (unpaired) electrons. The van der Waals surface area contributed by atoms with E-state index in [-0.39, 0.29) is 30.1 Å². The summed E-state index contributed by atoms with van der Waals surface area (Å²) in [5, 5.41) is 9.40. The van der Waals surface area contributed by atoms with Crippen LogP contribution >= 0.6 is 17.9 Å². The molecule has 1 saturated heterocycles. The van der Waals surface area contributed by atoms with Crippen molar-refractivity contribution in [3.8, 4) is 0 Å². The van der Waals surface area contributed by atoms with E-state index >= 15 is 0 Å². The third-order valence-corrected chi connectivity index (χ3v) is 4.48. The van der Waals surface area contributed by atoms with Crippen molar-refractivity contribution in [3.05, 3.63) is 16.7 Å². The van der Waals surface area contributed by atoms with Crippen molar-refractivity contribution >= 4 is 46.9 Å². The number of nitrogens with zero attached hydrogens (tertiary/aromatic N) is 3. The molecule has 0 spiro atoms. The van der Waals surface area contributed by atoms with Crippen LogP contribution in [-0.4, -0.2) is 48.3 Å². The van der Waals surface area contributed by atoms with E-state index in [0.29, 0.717) is 0 Å². The summed E-state index contributed by atoms with van der Waals surface area (Å²) in [4.78, 5) is 31.8. The molecule has 0 aliphatic carbocycles. The normalized spacial score (nSPS) is 27.3. The Morgan fingerprint density at radius 2 is 2.43 bits per heavy atom. The van der Waals surface area contributed by atoms with Gasteiger partial charge in [0.05, 0.1) is 19.0 Å². The van der Waals surface area contributed by atoms with Gasteiger partial charge in [0.25, 0.3) is 5.56 Å². The number of thiol groups is 1. The molecule has 0 aromatic carbocycles. The van der Waals surface area contributed by atoms with Gasteiger partial charge in [-0.1, -0.05) is 12.2 Å². The number of fused-ring (bicyclic) bond motifs is 1. The zero-order chi connectivity index (χ0) is 16.8. The molecule has 23 heavy (non-hydrogen) atoms. The molecule has 3 heterocycles. The van der Waals surface area contributed by atoms with Gasteiger partial charge in [0, 0.05) is 6.42 Å². The number of nitrogens with two attached hydrogens (primary N) is 1. The third-order valence-electron chi connectivity index (χ3n) is 3.39. The smallest absolute Gasteiger partial charge is 0.280 e. The second-order valence-electron chi connectivity index (χ2n) is 4.96. The van der Waals surface area contributed by atoms with Crippen molar-refractivity contribution in [2.24, 2.45) is 0 Å². The molecule has 126 valence electrons. The van der Waals surface area contributed by atoms with E-state index < -0.39 is 29.7 Å². The SMILES string of the molecule is Nc1nc2c(ncn2[C@H]2C[C@H](OP(O)(=S)S)[C@@H](CO)O2)c(=O)[nH]1. The summed E-state index contributed by atoms with van der Waals surface area (Å²) in [6.45, 7) is -0.326. The Morgan fingerprint density at radius 1 is 1.70 bits per heavy atom. The molecule has 1 aliphatic rings. The fraction of sp³-hybridized carbons (Fsp3) is 0.500. The van der Waals surface area contributed by atoms with Crippen LogP contribution in [0.5, 0.6) is 0 Å². The topological polar surface area (TPSA) is 149 Å². The molecule has 2 aromatic heterocycles. The standard InChI is InChI=1S/C10H14N5O5PS2/c11-10-13-8-7(9(17)14-10)12-3-15(8)6-1-4(5(2-16)19-6)20-21(18,22)23/h3-6,16H,1-2H2,(H2,18,22,23)(H3,11,13,14,17)/t4-,5+,6+/m0/s1. The molecule has 5 N–H and O–H groups in total. The Bertz CT molecular complexity index is 835. The Kier molecular flexibility index (Phi) is 4.49. The number of rotatable bonds is 4. The van der Waals surface area contributed by atoms with Crippen LogP contribution in [0.2, 0.25) is 0 Å². The zero-order valence-corrected chi connectivity index (χ0v) is 14.2. The van der Waals surface area contributed by atoms with Crippen molar-refractivity contribution in [2.45, 2.75) is 24.9 Å². The predicted molar refractivity (Wildman–Crippen MR) is 88.5 cm³/mol. The van der Waals surface area contributed by atoms with Gasteiger partial charge in [-0.25, -0.2) is 4.98 Å². The first kappa shape index (κ1) is 16.8. The molecule has 3 rings (SSSR count). The maximum atomic E-state index is 11.8. The van der Waals surface area contributed by atoms with Crippen LogP contribution in [0, 0.1) is 0 Å². The summed E-state index contributed by atoms with van der Waals surface area (Å²) in [5.41, 5.74) is 2.25. The van der Waals surface area contributed by atoms with E-state index in [1.54, 1.807) is 0 Å². The van der Waals surface area contributed by atoms with Crippen molar-refractivity contribution in [1.82, 2.24) is 19.5 Å². The number of hydrogen-bond donors (Lipinski definition) is 5. The van der Waals surface area contributed by atoms with Crippen molar-refractivity contribution in [3.63, 3.8) is 0 Å². The summed E-state index contributed by atoms with van der Waals surface area (Å²) < 4.78 is 12.5. The lowest BCUT2D eigenvalue weighted by Gasteiger charge is -2.19. The first-order chi connectivity index (χ1) is 10.8. The van der Waals surface area contributed by atoms with Crippen LogP contribution in [-0.2, 0) is 21.1 Å². The number of aromatic amines is 1. The highest BCUT2D eigenvalue weighted by molar-refractivity contribution is 8.59. The fourth-order valence-corrected chi connectivity index (χ4v) is 3.75. The van der Waals surface area contributed by atoms with Gasteiger partial charge >= 0.3 is 0 Å². The van der Waals surface area contributed by atoms with E-state index in [0.717, 1.165) is 0 Å². The van der Waals surface area contributed by atoms with Gasteiger partial charge in [0.1, 0.15) is 12.3 Å². The van der Waals surface area contributed by atoms with E-state index in [9.17, 15) is 14.8 Å². The highest BCUT2D eigenvalue weighted by atomic mass is 32.9. The van der Waals surface area contributed by atoms with Crippen LogP contribution < -0.4 is 11.3 Å². The molecule has 1 unspecified atom stereocenters. The summed E-state index contributed by atoms with van der Waals surface area (Å²) >= 11 is 8.58. The monoisotopic (exact) mass is 379 g/mol. The lowest BCUT2D eigenvalue weighted by molar-refractivity contribution is -0.0386. The van der Waals surface area contributed by atoms with Crippen LogP contribution in [0.1, 0.15) is 12.6 Å². The van der Waals surface area contributed by atoms with Crippen molar-refractivity contribution in [2.75, 3.05) is 12.3 Å². The maximum absolute atomic E-state index is 11.8. The molecule has 0 saturated carbocycles. The van der Waals surface area contributed by atoms with Gasteiger partial charge in [-0.15, -0.1) is 0 Å². The summed E-state index contributed by atoms with van der Waals surface area (Å²) in [5.74, 6) is -0.0463. The van der Waals surface area contributed by atoms with E-state index in [2.05, 4.69) is 27.2 Å². The predicted octanol–water partition coefficient (Wildman–Crippen LogP) is -0.487. The second-order valence-corrected chi connectivity index (χ2v) is 10.1. The number of imidazole rings is 1. The van der Waals surface area contributed by atoms with Crippen molar-refractivity contribution < 1.29 is 19.3 Å². The number of nitrogens with one attached hydrogen (secondary N) is 1. The number of ether oxygens (including phenoxy) is 1. The third kappa shape index (κ3) is 3.43. The molecule has 0 bridgehead atoms. The van der Waals surface area contributed by atoms with Gasteiger partial charge in [-0.05, 0) is 11.8 Å². The van der Waals surface area contributed by atoms with E-state index in [1.165, 1.54) is 10.9 Å². The number of aliphatic hydroxyl groups excluding tert-OH is 1. The number of aliphatic hydroxyl groups is 1. The number of hydrogen-bond acceptors (Lipinski definition) is 8. The van der Waals surface area contributed by atoms with E-state index in [4.69, 9.17) is 26.8 Å². The number of H-pyrrole nitrogens is 1. The van der Waals surface area contributed by atoms with Gasteiger partial charge in [-0.2, -0.15) is 4.98 Å². The van der Waals surface area contributed by atoms with Gasteiger partial charge in [0.2, 0.25) is 11.6 Å². The van der Waals surface area contributed by atoms with Crippen molar-refractivity contribution in [1.29, 1.82) is 0 Å². The summed E-state index contributed by atoms with van der Waals surface area (Å²) in [7, 11) is 0. The summed E-state index contributed by atoms with van der Waals surface area (Å²) in [6, 6.07) is 0. The van der Waals surface area contributed by atoms with Crippen LogP contribution in [0.4, 0.5) is 5.95 Å². The average molecular weight is 379 g/mol. The summed E-state index contributed by atoms with van der Waals surface area (Å²) in [6.07, 6.45) is -0.284. The van der Waals surface area contributed by atoms with Crippen LogP contribution in [0.25, 0.3) is 11.2 Å². The Labute approximate surface area is 140 Å². The minimum absolute atomic E-state index is 0.0463. The van der Waals surface area contributed by atoms with E-state index in [1.807, 2.05) is 0 Å². The van der Waals surface area contributed by atoms with Gasteiger partial charge in [-0.3, -0.25) is 14.3 Å². The molecule has 1 fully saturated rings. The number of aromatic nitrogens is 4. The molecular formula is C10H14N5O5PS2. The van der Waals surface area contributed by atoms with Gasteiger partial charge < -0.3 is 25.0 Å². The second kappa shape index (κ2) is 6.13. The molecule has 2 aromatic rings. The minimum atomic E-state index is -3.21. The molecule has 13 heteroatoms. The highest BCUT2D eigenvalue weighted by Crippen LogP contribution is 2.51. The Hall–Kier alpha value is -1.01. The van der Waals surface area contributed by atoms with Crippen LogP contribution in [0.15, 0.2) is 11.1 Å². The minimum Gasteiger partial charge on any atom is -0.394 e. The quantitative estimate of drug-likeness (QED) is 0.350. The van der Waals surface area contributed by atoms with Crippen LogP contribution in [0.3, 0.4) is 0 Å². The maximum Gasteiger partial charge on any atom is 0.280 e. The van der Waals surface area contributed by atoms with Gasteiger partial charge in [0.15, 0.2) is 11.2 Å². The number of nitrogen functional groups attached to an aromatic ring is 1. The first-order valence-corrected chi connectivity index (χ1v) is 10.3. The largest absolute Gasteiger partial charge is 0.394 e. The first-order valence-electron chi connectivity index (χ1n) is 6.51. The highest BCUT2D eigenvalue weighted by Gasteiger charge is 2.39. The molecule has 0 amide bonds. The molecule has 10 nitrogen and oxygen atoms in total. The lowest BCUT2D eigenvalue weighted by Crippen LogP contribution is -2.26. The lowest BCUT2D eigenvalue weighted by atomic mass is 10.2. The molecule has 4 atom stereocenters. The Balaban J connectivity index is 1.94. The average Bonchev–Trinajstić information content (AvgIpc) is 3.00. The fourth-order valence-electron chi connectivity index (χ4n) is 2.48. The molecule has 1 aliphatic heterocycles. The number of anilines is 1. The Morgan fingerprint density at radius 3 is 3.09 bits per heavy atom.